The number of guanidine groups is 1. The van der Waals surface area contributed by atoms with Crippen LogP contribution in [0.2, 0.25) is 0 Å². The first-order valence-electron chi connectivity index (χ1n) is 9.87. The monoisotopic (exact) mass is 385 g/mol. The van der Waals surface area contributed by atoms with Crippen molar-refractivity contribution in [3.05, 3.63) is 47.9 Å². The molecule has 7 heteroatoms. The second-order valence-corrected chi connectivity index (χ2v) is 7.04. The van der Waals surface area contributed by atoms with E-state index in [2.05, 4.69) is 16.7 Å². The second-order valence-electron chi connectivity index (χ2n) is 7.04. The average Bonchev–Trinajstić information content (AvgIpc) is 3.47. The highest BCUT2D eigenvalue weighted by Crippen LogP contribution is 2.32. The van der Waals surface area contributed by atoms with Gasteiger partial charge in [-0.15, -0.1) is 0 Å². The third kappa shape index (κ3) is 5.19. The Balaban J connectivity index is 1.28. The Morgan fingerprint density at radius 1 is 1.07 bits per heavy atom. The van der Waals surface area contributed by atoms with Crippen molar-refractivity contribution < 1.29 is 18.6 Å². The fourth-order valence-electron chi connectivity index (χ4n) is 3.30. The van der Waals surface area contributed by atoms with Crippen LogP contribution in [0, 0.1) is 5.92 Å². The van der Waals surface area contributed by atoms with Gasteiger partial charge in [0.1, 0.15) is 5.76 Å². The Hall–Kier alpha value is -2.67. The van der Waals surface area contributed by atoms with Crippen LogP contribution in [0.5, 0.6) is 11.5 Å². The van der Waals surface area contributed by atoms with Gasteiger partial charge in [0.15, 0.2) is 17.5 Å². The number of rotatable bonds is 8. The van der Waals surface area contributed by atoms with E-state index < -0.39 is 0 Å². The van der Waals surface area contributed by atoms with Gasteiger partial charge >= 0.3 is 0 Å². The predicted octanol–water partition coefficient (Wildman–Crippen LogP) is 2.37. The van der Waals surface area contributed by atoms with Crippen molar-refractivity contribution >= 4 is 5.96 Å². The van der Waals surface area contributed by atoms with E-state index in [-0.39, 0.29) is 0 Å². The molecule has 0 saturated carbocycles. The standard InChI is InChI=1S/C21H27N3O4/c1-2-18(26-10-1)6-9-23-21(24-13-17-7-11-25-14-17)22-8-5-16-3-4-19-20(12-16)28-15-27-19/h1-4,10,12,17H,5-9,11,13-15H2,(H2,22,23,24). The topological polar surface area (TPSA) is 77.3 Å². The number of nitrogens with one attached hydrogen (secondary N) is 2. The first-order valence-corrected chi connectivity index (χ1v) is 9.87. The Morgan fingerprint density at radius 2 is 1.96 bits per heavy atom. The number of fused-ring (bicyclic) bond motifs is 1. The van der Waals surface area contributed by atoms with Crippen molar-refractivity contribution in [2.45, 2.75) is 19.3 Å². The second kappa shape index (κ2) is 9.50. The fraction of sp³-hybridized carbons (Fsp3) is 0.476. The van der Waals surface area contributed by atoms with Crippen molar-refractivity contribution in [3.63, 3.8) is 0 Å². The molecule has 1 aromatic carbocycles. The van der Waals surface area contributed by atoms with Crippen LogP contribution in [0.3, 0.4) is 0 Å². The Labute approximate surface area is 165 Å². The molecule has 0 amide bonds. The van der Waals surface area contributed by atoms with E-state index in [4.69, 9.17) is 23.6 Å². The first-order chi connectivity index (χ1) is 13.9. The highest BCUT2D eigenvalue weighted by molar-refractivity contribution is 5.79. The van der Waals surface area contributed by atoms with E-state index in [0.717, 1.165) is 75.3 Å². The molecule has 1 unspecified atom stereocenters. The summed E-state index contributed by atoms with van der Waals surface area (Å²) in [7, 11) is 0. The molecular formula is C21H27N3O4. The molecule has 2 aliphatic heterocycles. The quantitative estimate of drug-likeness (QED) is 0.537. The van der Waals surface area contributed by atoms with Gasteiger partial charge < -0.3 is 29.3 Å². The molecule has 1 saturated heterocycles. The van der Waals surface area contributed by atoms with Gasteiger partial charge in [-0.1, -0.05) is 6.07 Å². The molecule has 7 nitrogen and oxygen atoms in total. The number of aliphatic imine (C=N–C) groups is 1. The van der Waals surface area contributed by atoms with Crippen molar-refractivity contribution in [3.8, 4) is 11.5 Å². The molecule has 4 rings (SSSR count). The summed E-state index contributed by atoms with van der Waals surface area (Å²) >= 11 is 0. The molecule has 28 heavy (non-hydrogen) atoms. The van der Waals surface area contributed by atoms with Gasteiger partial charge in [0.25, 0.3) is 0 Å². The summed E-state index contributed by atoms with van der Waals surface area (Å²) in [6.45, 7) is 4.29. The zero-order valence-electron chi connectivity index (χ0n) is 16.0. The molecule has 0 spiro atoms. The van der Waals surface area contributed by atoms with E-state index in [1.807, 2.05) is 24.3 Å². The molecule has 2 N–H and O–H groups in total. The summed E-state index contributed by atoms with van der Waals surface area (Å²) in [6.07, 6.45) is 4.49. The zero-order valence-corrected chi connectivity index (χ0v) is 16.0. The molecule has 3 heterocycles. The smallest absolute Gasteiger partial charge is 0.231 e. The number of hydrogen-bond acceptors (Lipinski definition) is 5. The van der Waals surface area contributed by atoms with Crippen LogP contribution in [0.15, 0.2) is 46.0 Å². The number of nitrogens with zero attached hydrogens (tertiary/aromatic N) is 1. The number of ether oxygens (including phenoxy) is 3. The van der Waals surface area contributed by atoms with Gasteiger partial charge in [0, 0.05) is 38.6 Å². The minimum absolute atomic E-state index is 0.304. The van der Waals surface area contributed by atoms with Gasteiger partial charge in [0.05, 0.1) is 12.9 Å². The van der Waals surface area contributed by atoms with Crippen LogP contribution < -0.4 is 20.1 Å². The van der Waals surface area contributed by atoms with Gasteiger partial charge in [-0.25, -0.2) is 0 Å². The van der Waals surface area contributed by atoms with Gasteiger partial charge in [-0.2, -0.15) is 0 Å². The third-order valence-corrected chi connectivity index (χ3v) is 4.92. The van der Waals surface area contributed by atoms with Gasteiger partial charge in [0.2, 0.25) is 6.79 Å². The SMILES string of the molecule is c1coc(CCNC(=NCC2CCOC2)NCCc2ccc3c(c2)OCO3)c1. The molecule has 0 bridgehead atoms. The molecule has 1 aromatic heterocycles. The highest BCUT2D eigenvalue weighted by atomic mass is 16.7. The van der Waals surface area contributed by atoms with Crippen LogP contribution >= 0.6 is 0 Å². The van der Waals surface area contributed by atoms with Gasteiger partial charge in [-0.3, -0.25) is 4.99 Å². The summed E-state index contributed by atoms with van der Waals surface area (Å²) in [5.74, 6) is 3.95. The zero-order chi connectivity index (χ0) is 19.0. The average molecular weight is 385 g/mol. The van der Waals surface area contributed by atoms with Crippen LogP contribution in [0.25, 0.3) is 0 Å². The lowest BCUT2D eigenvalue weighted by molar-refractivity contribution is 0.174. The summed E-state index contributed by atoms with van der Waals surface area (Å²) < 4.78 is 21.7. The summed E-state index contributed by atoms with van der Waals surface area (Å²) in [6, 6.07) is 9.98. The number of benzene rings is 1. The highest BCUT2D eigenvalue weighted by Gasteiger charge is 2.15. The lowest BCUT2D eigenvalue weighted by atomic mass is 10.1. The van der Waals surface area contributed by atoms with E-state index >= 15 is 0 Å². The molecule has 1 atom stereocenters. The van der Waals surface area contributed by atoms with Crippen molar-refractivity contribution in [2.75, 3.05) is 39.6 Å². The third-order valence-electron chi connectivity index (χ3n) is 4.92. The summed E-state index contributed by atoms with van der Waals surface area (Å²) in [5.41, 5.74) is 1.20. The van der Waals surface area contributed by atoms with Crippen molar-refractivity contribution in [1.82, 2.24) is 10.6 Å². The van der Waals surface area contributed by atoms with Crippen LogP contribution in [0.1, 0.15) is 17.7 Å². The van der Waals surface area contributed by atoms with Crippen molar-refractivity contribution in [1.29, 1.82) is 0 Å². The molecule has 2 aromatic rings. The molecule has 1 fully saturated rings. The van der Waals surface area contributed by atoms with E-state index in [9.17, 15) is 0 Å². The molecular weight excluding hydrogens is 358 g/mol. The maximum atomic E-state index is 5.45. The Morgan fingerprint density at radius 3 is 2.79 bits per heavy atom. The molecule has 150 valence electrons. The van der Waals surface area contributed by atoms with E-state index in [1.54, 1.807) is 6.26 Å². The molecule has 2 aliphatic rings. The van der Waals surface area contributed by atoms with Crippen molar-refractivity contribution in [2.24, 2.45) is 10.9 Å². The molecule has 0 radical (unpaired) electrons. The summed E-state index contributed by atoms with van der Waals surface area (Å²) in [4.78, 5) is 4.75. The van der Waals surface area contributed by atoms with E-state index in [1.165, 1.54) is 5.56 Å². The normalized spacial score (nSPS) is 18.4. The number of furan rings is 1. The van der Waals surface area contributed by atoms with E-state index in [0.29, 0.717) is 12.7 Å². The Bertz CT molecular complexity index is 770. The maximum absolute atomic E-state index is 5.45. The maximum Gasteiger partial charge on any atom is 0.231 e. The lowest BCUT2D eigenvalue weighted by Crippen LogP contribution is -2.39. The first kappa shape index (κ1) is 18.7. The van der Waals surface area contributed by atoms with Crippen LogP contribution in [0.4, 0.5) is 0 Å². The largest absolute Gasteiger partial charge is 0.469 e. The lowest BCUT2D eigenvalue weighted by Gasteiger charge is -2.13. The summed E-state index contributed by atoms with van der Waals surface area (Å²) in [5, 5.41) is 6.84. The number of hydrogen-bond donors (Lipinski definition) is 2. The minimum Gasteiger partial charge on any atom is -0.469 e. The van der Waals surface area contributed by atoms with Crippen LogP contribution in [-0.2, 0) is 17.6 Å². The van der Waals surface area contributed by atoms with Gasteiger partial charge in [-0.05, 0) is 42.7 Å². The Kier molecular flexibility index (Phi) is 6.34. The van der Waals surface area contributed by atoms with Crippen LogP contribution in [-0.4, -0.2) is 45.6 Å². The molecule has 0 aliphatic carbocycles. The predicted molar refractivity (Wildman–Crippen MR) is 106 cm³/mol. The fourth-order valence-corrected chi connectivity index (χ4v) is 3.30. The minimum atomic E-state index is 0.304.